The number of carbonyl (C=O) groups is 1. The van der Waals surface area contributed by atoms with Crippen LogP contribution in [0.4, 0.5) is 0 Å². The lowest BCUT2D eigenvalue weighted by molar-refractivity contribution is -0.132. The largest absolute Gasteiger partial charge is 0.483 e. The molecule has 0 spiro atoms. The summed E-state index contributed by atoms with van der Waals surface area (Å²) in [6.07, 6.45) is 0.878. The molecule has 1 amide bonds. The van der Waals surface area contributed by atoms with Gasteiger partial charge in [-0.3, -0.25) is 4.79 Å². The molecule has 0 radical (unpaired) electrons. The summed E-state index contributed by atoms with van der Waals surface area (Å²) in [6, 6.07) is 14.3. The predicted octanol–water partition coefficient (Wildman–Crippen LogP) is 2.92. The molecule has 7 nitrogen and oxygen atoms in total. The maximum Gasteiger partial charge on any atom is 0.339 e. The van der Waals surface area contributed by atoms with E-state index in [0.29, 0.717) is 29.8 Å². The van der Waals surface area contributed by atoms with Gasteiger partial charge in [-0.05, 0) is 36.2 Å². The van der Waals surface area contributed by atoms with Crippen LogP contribution in [0.25, 0.3) is 11.0 Å². The highest BCUT2D eigenvalue weighted by Crippen LogP contribution is 2.37. The Labute approximate surface area is 166 Å². The Kier molecular flexibility index (Phi) is 4.35. The maximum absolute atomic E-state index is 12.7. The number of fused-ring (bicyclic) bond motifs is 2. The number of amides is 1. The van der Waals surface area contributed by atoms with Crippen molar-refractivity contribution in [1.82, 2.24) is 4.90 Å². The van der Waals surface area contributed by atoms with E-state index in [9.17, 15) is 9.59 Å². The van der Waals surface area contributed by atoms with Crippen LogP contribution in [0.5, 0.6) is 17.2 Å². The van der Waals surface area contributed by atoms with Crippen LogP contribution in [0.2, 0.25) is 0 Å². The van der Waals surface area contributed by atoms with E-state index in [-0.39, 0.29) is 25.2 Å². The molecule has 0 aliphatic carbocycles. The Morgan fingerprint density at radius 3 is 2.90 bits per heavy atom. The highest BCUT2D eigenvalue weighted by atomic mass is 16.7. The summed E-state index contributed by atoms with van der Waals surface area (Å²) in [6.45, 7) is 1.41. The Morgan fingerprint density at radius 2 is 1.97 bits per heavy atom. The molecule has 0 saturated carbocycles. The van der Waals surface area contributed by atoms with E-state index in [1.807, 2.05) is 24.3 Å². The molecule has 0 N–H and O–H groups in total. The molecule has 1 aromatic heterocycles. The molecule has 2 aromatic carbocycles. The van der Waals surface area contributed by atoms with Gasteiger partial charge in [0.1, 0.15) is 11.3 Å². The standard InChI is InChI=1S/C22H19NO6/c24-21(12-26-19-10-22(25)29-17-4-2-1-3-16(17)19)23-8-7-15(11-23)14-5-6-18-20(9-14)28-13-27-18/h1-6,9-10,15H,7-8,11-13H2/t15-/m0/s1. The van der Waals surface area contributed by atoms with Gasteiger partial charge in [0, 0.05) is 19.0 Å². The minimum Gasteiger partial charge on any atom is -0.483 e. The summed E-state index contributed by atoms with van der Waals surface area (Å²) in [5, 5.41) is 0.666. The number of benzene rings is 2. The highest BCUT2D eigenvalue weighted by molar-refractivity contribution is 5.84. The van der Waals surface area contributed by atoms with E-state index in [1.165, 1.54) is 6.07 Å². The number of ether oxygens (including phenoxy) is 3. The maximum atomic E-state index is 12.7. The number of hydrogen-bond donors (Lipinski definition) is 0. The first kappa shape index (κ1) is 17.6. The minimum absolute atomic E-state index is 0.106. The molecule has 148 valence electrons. The van der Waals surface area contributed by atoms with Crippen molar-refractivity contribution >= 4 is 16.9 Å². The van der Waals surface area contributed by atoms with Crippen LogP contribution >= 0.6 is 0 Å². The third-order valence-corrected chi connectivity index (χ3v) is 5.37. The van der Waals surface area contributed by atoms with Gasteiger partial charge in [-0.1, -0.05) is 18.2 Å². The molecule has 1 saturated heterocycles. The van der Waals surface area contributed by atoms with Crippen LogP contribution in [0.15, 0.2) is 57.7 Å². The zero-order valence-electron chi connectivity index (χ0n) is 15.6. The van der Waals surface area contributed by atoms with E-state index in [4.69, 9.17) is 18.6 Å². The van der Waals surface area contributed by atoms with E-state index in [0.717, 1.165) is 23.5 Å². The van der Waals surface area contributed by atoms with Gasteiger partial charge < -0.3 is 23.5 Å². The average Bonchev–Trinajstić information content (AvgIpc) is 3.40. The van der Waals surface area contributed by atoms with Gasteiger partial charge in [-0.2, -0.15) is 0 Å². The third kappa shape index (κ3) is 3.40. The van der Waals surface area contributed by atoms with Crippen LogP contribution in [-0.4, -0.2) is 37.3 Å². The lowest BCUT2D eigenvalue weighted by Crippen LogP contribution is -2.33. The number of para-hydroxylation sites is 1. The van der Waals surface area contributed by atoms with Crippen LogP contribution < -0.4 is 19.8 Å². The van der Waals surface area contributed by atoms with Gasteiger partial charge in [-0.15, -0.1) is 0 Å². The van der Waals surface area contributed by atoms with E-state index in [2.05, 4.69) is 0 Å². The van der Waals surface area contributed by atoms with E-state index < -0.39 is 5.63 Å². The third-order valence-electron chi connectivity index (χ3n) is 5.37. The second kappa shape index (κ2) is 7.16. The normalized spacial score (nSPS) is 17.7. The number of nitrogens with zero attached hydrogens (tertiary/aromatic N) is 1. The van der Waals surface area contributed by atoms with Crippen molar-refractivity contribution in [2.75, 3.05) is 26.5 Å². The first-order valence-corrected chi connectivity index (χ1v) is 9.50. The molecule has 29 heavy (non-hydrogen) atoms. The van der Waals surface area contributed by atoms with Crippen molar-refractivity contribution in [3.8, 4) is 17.2 Å². The summed E-state index contributed by atoms with van der Waals surface area (Å²) in [5.41, 5.74) is 1.07. The van der Waals surface area contributed by atoms with E-state index in [1.54, 1.807) is 23.1 Å². The summed E-state index contributed by atoms with van der Waals surface area (Å²) in [5.74, 6) is 2.01. The molecule has 2 aliphatic heterocycles. The SMILES string of the molecule is O=C(COc1cc(=O)oc2ccccc12)N1CC[C@H](c2ccc3c(c2)OCO3)C1. The van der Waals surface area contributed by atoms with Crippen molar-refractivity contribution in [2.24, 2.45) is 0 Å². The number of rotatable bonds is 4. The second-order valence-corrected chi connectivity index (χ2v) is 7.15. The van der Waals surface area contributed by atoms with Gasteiger partial charge in [0.15, 0.2) is 18.1 Å². The Hall–Kier alpha value is -3.48. The molecule has 0 bridgehead atoms. The lowest BCUT2D eigenvalue weighted by Gasteiger charge is -2.17. The van der Waals surface area contributed by atoms with Crippen molar-refractivity contribution in [2.45, 2.75) is 12.3 Å². The zero-order valence-corrected chi connectivity index (χ0v) is 15.6. The molecule has 3 aromatic rings. The summed E-state index contributed by atoms with van der Waals surface area (Å²) in [7, 11) is 0. The van der Waals surface area contributed by atoms with Crippen LogP contribution in [0.3, 0.4) is 0 Å². The molecule has 1 atom stereocenters. The zero-order chi connectivity index (χ0) is 19.8. The molecule has 1 fully saturated rings. The highest BCUT2D eigenvalue weighted by Gasteiger charge is 2.29. The molecular formula is C22H19NO6. The number of likely N-dealkylation sites (tertiary alicyclic amines) is 1. The molecule has 2 aliphatic rings. The Bertz CT molecular complexity index is 1140. The van der Waals surface area contributed by atoms with Crippen molar-refractivity contribution < 1.29 is 23.4 Å². The predicted molar refractivity (Wildman–Crippen MR) is 104 cm³/mol. The van der Waals surface area contributed by atoms with E-state index >= 15 is 0 Å². The smallest absolute Gasteiger partial charge is 0.339 e. The average molecular weight is 393 g/mol. The van der Waals surface area contributed by atoms with Crippen LogP contribution in [0.1, 0.15) is 17.9 Å². The van der Waals surface area contributed by atoms with Gasteiger partial charge in [0.05, 0.1) is 11.5 Å². The van der Waals surface area contributed by atoms with Gasteiger partial charge >= 0.3 is 5.63 Å². The van der Waals surface area contributed by atoms with Gasteiger partial charge in [0.25, 0.3) is 5.91 Å². The molecule has 3 heterocycles. The number of carbonyl (C=O) groups excluding carboxylic acids is 1. The summed E-state index contributed by atoms with van der Waals surface area (Å²) in [4.78, 5) is 26.2. The minimum atomic E-state index is -0.504. The molecule has 5 rings (SSSR count). The first-order chi connectivity index (χ1) is 14.2. The van der Waals surface area contributed by atoms with Crippen molar-refractivity contribution in [1.29, 1.82) is 0 Å². The van der Waals surface area contributed by atoms with Crippen molar-refractivity contribution in [3.05, 3.63) is 64.5 Å². The van der Waals surface area contributed by atoms with Crippen molar-refractivity contribution in [3.63, 3.8) is 0 Å². The first-order valence-electron chi connectivity index (χ1n) is 9.50. The lowest BCUT2D eigenvalue weighted by atomic mass is 9.98. The summed E-state index contributed by atoms with van der Waals surface area (Å²) < 4.78 is 21.6. The fraction of sp³-hybridized carbons (Fsp3) is 0.273. The number of hydrogen-bond acceptors (Lipinski definition) is 6. The molecular weight excluding hydrogens is 374 g/mol. The van der Waals surface area contributed by atoms with Crippen LogP contribution in [0, 0.1) is 0 Å². The second-order valence-electron chi connectivity index (χ2n) is 7.15. The molecule has 0 unspecified atom stereocenters. The Balaban J connectivity index is 1.25. The monoisotopic (exact) mass is 393 g/mol. The fourth-order valence-corrected chi connectivity index (χ4v) is 3.86. The van der Waals surface area contributed by atoms with Crippen LogP contribution in [-0.2, 0) is 4.79 Å². The quantitative estimate of drug-likeness (QED) is 0.635. The Morgan fingerprint density at radius 1 is 1.10 bits per heavy atom. The summed E-state index contributed by atoms with van der Waals surface area (Å²) >= 11 is 0. The van der Waals surface area contributed by atoms with Gasteiger partial charge in [-0.25, -0.2) is 4.79 Å². The topological polar surface area (TPSA) is 78.2 Å². The van der Waals surface area contributed by atoms with Gasteiger partial charge in [0.2, 0.25) is 6.79 Å². The fourth-order valence-electron chi connectivity index (χ4n) is 3.86. The molecule has 7 heteroatoms.